The molecule has 4 nitrogen and oxygen atoms in total. The van der Waals surface area contributed by atoms with E-state index in [0.29, 0.717) is 5.92 Å². The van der Waals surface area contributed by atoms with Crippen molar-refractivity contribution in [1.29, 1.82) is 0 Å². The lowest BCUT2D eigenvalue weighted by atomic mass is 9.93. The van der Waals surface area contributed by atoms with Crippen molar-refractivity contribution in [3.8, 4) is 0 Å². The standard InChI is InChI=1S/C10H20N2O2/c1-3-14-7-8-4-5-12-9(6-8)10(13)11-2/h8-9,12H,3-7H2,1-2H3,(H,11,13). The number of rotatable bonds is 4. The Bertz CT molecular complexity index is 185. The molecule has 0 aromatic heterocycles. The van der Waals surface area contributed by atoms with Crippen LogP contribution in [0.25, 0.3) is 0 Å². The molecule has 0 radical (unpaired) electrons. The van der Waals surface area contributed by atoms with Gasteiger partial charge in [0.1, 0.15) is 0 Å². The van der Waals surface area contributed by atoms with Crippen LogP contribution < -0.4 is 10.6 Å². The van der Waals surface area contributed by atoms with Gasteiger partial charge in [0.25, 0.3) is 0 Å². The molecule has 0 aliphatic carbocycles. The molecule has 4 heteroatoms. The van der Waals surface area contributed by atoms with Crippen LogP contribution in [0.3, 0.4) is 0 Å². The largest absolute Gasteiger partial charge is 0.381 e. The van der Waals surface area contributed by atoms with Gasteiger partial charge < -0.3 is 15.4 Å². The summed E-state index contributed by atoms with van der Waals surface area (Å²) in [5, 5.41) is 5.88. The molecule has 1 rings (SSSR count). The molecule has 0 aromatic carbocycles. The van der Waals surface area contributed by atoms with E-state index >= 15 is 0 Å². The number of nitrogens with one attached hydrogen (secondary N) is 2. The molecule has 0 spiro atoms. The Labute approximate surface area is 85.4 Å². The Kier molecular flexibility index (Phi) is 4.90. The van der Waals surface area contributed by atoms with Crippen LogP contribution in [-0.4, -0.2) is 38.8 Å². The quantitative estimate of drug-likeness (QED) is 0.678. The van der Waals surface area contributed by atoms with Gasteiger partial charge in [-0.05, 0) is 32.2 Å². The predicted octanol–water partition coefficient (Wildman–Crippen LogP) is 0.137. The number of ether oxygens (including phenoxy) is 1. The SMILES string of the molecule is CCOCC1CCNC(C(=O)NC)C1. The molecular formula is C10H20N2O2. The van der Waals surface area contributed by atoms with Crippen molar-refractivity contribution in [3.63, 3.8) is 0 Å². The second-order valence-electron chi connectivity index (χ2n) is 3.67. The van der Waals surface area contributed by atoms with Crippen LogP contribution in [0.4, 0.5) is 0 Å². The fraction of sp³-hybridized carbons (Fsp3) is 0.900. The Balaban J connectivity index is 2.31. The van der Waals surface area contributed by atoms with Gasteiger partial charge in [-0.2, -0.15) is 0 Å². The van der Waals surface area contributed by atoms with Crippen molar-refractivity contribution in [3.05, 3.63) is 0 Å². The van der Waals surface area contributed by atoms with Crippen LogP contribution in [0.1, 0.15) is 19.8 Å². The monoisotopic (exact) mass is 200 g/mol. The first kappa shape index (κ1) is 11.5. The normalized spacial score (nSPS) is 27.3. The molecule has 1 aliphatic rings. The molecule has 1 fully saturated rings. The van der Waals surface area contributed by atoms with Gasteiger partial charge in [-0.15, -0.1) is 0 Å². The third kappa shape index (κ3) is 3.27. The van der Waals surface area contributed by atoms with Gasteiger partial charge in [0, 0.05) is 20.3 Å². The third-order valence-electron chi connectivity index (χ3n) is 2.63. The molecular weight excluding hydrogens is 180 g/mol. The highest BCUT2D eigenvalue weighted by Gasteiger charge is 2.25. The van der Waals surface area contributed by atoms with Crippen LogP contribution in [-0.2, 0) is 9.53 Å². The van der Waals surface area contributed by atoms with Crippen molar-refractivity contribution >= 4 is 5.91 Å². The zero-order chi connectivity index (χ0) is 10.4. The number of carbonyl (C=O) groups excluding carboxylic acids is 1. The Morgan fingerprint density at radius 3 is 3.07 bits per heavy atom. The molecule has 1 aliphatic heterocycles. The molecule has 82 valence electrons. The zero-order valence-corrected chi connectivity index (χ0v) is 9.01. The summed E-state index contributed by atoms with van der Waals surface area (Å²) >= 11 is 0. The second kappa shape index (κ2) is 5.98. The minimum absolute atomic E-state index is 0.0285. The van der Waals surface area contributed by atoms with Crippen LogP contribution in [0.15, 0.2) is 0 Å². The van der Waals surface area contributed by atoms with E-state index in [0.717, 1.165) is 32.6 Å². The summed E-state index contributed by atoms with van der Waals surface area (Å²) < 4.78 is 5.38. The average molecular weight is 200 g/mol. The Hall–Kier alpha value is -0.610. The molecule has 1 saturated heterocycles. The predicted molar refractivity (Wildman–Crippen MR) is 55.1 cm³/mol. The maximum atomic E-state index is 11.4. The van der Waals surface area contributed by atoms with Gasteiger partial charge in [-0.1, -0.05) is 0 Å². The first-order chi connectivity index (χ1) is 6.77. The lowest BCUT2D eigenvalue weighted by Crippen LogP contribution is -2.48. The first-order valence-corrected chi connectivity index (χ1v) is 5.30. The number of likely N-dealkylation sites (N-methyl/N-ethyl adjacent to an activating group) is 1. The molecule has 1 amide bonds. The van der Waals surface area contributed by atoms with Crippen LogP contribution in [0.5, 0.6) is 0 Å². The summed E-state index contributed by atoms with van der Waals surface area (Å²) in [5.74, 6) is 0.615. The van der Waals surface area contributed by atoms with E-state index in [1.165, 1.54) is 0 Å². The van der Waals surface area contributed by atoms with E-state index in [2.05, 4.69) is 10.6 Å². The molecule has 14 heavy (non-hydrogen) atoms. The summed E-state index contributed by atoms with van der Waals surface area (Å²) in [5.41, 5.74) is 0. The molecule has 2 unspecified atom stereocenters. The van der Waals surface area contributed by atoms with Gasteiger partial charge in [-0.25, -0.2) is 0 Å². The van der Waals surface area contributed by atoms with Crippen molar-refractivity contribution in [1.82, 2.24) is 10.6 Å². The van der Waals surface area contributed by atoms with E-state index in [9.17, 15) is 4.79 Å². The van der Waals surface area contributed by atoms with Gasteiger partial charge in [0.05, 0.1) is 6.04 Å². The molecule has 1 heterocycles. The summed E-state index contributed by atoms with van der Waals surface area (Å²) in [4.78, 5) is 11.4. The molecule has 0 saturated carbocycles. The number of hydrogen-bond acceptors (Lipinski definition) is 3. The maximum Gasteiger partial charge on any atom is 0.236 e. The van der Waals surface area contributed by atoms with Crippen molar-refractivity contribution < 1.29 is 9.53 Å². The third-order valence-corrected chi connectivity index (χ3v) is 2.63. The van der Waals surface area contributed by atoms with Gasteiger partial charge in [0.15, 0.2) is 0 Å². The summed E-state index contributed by atoms with van der Waals surface area (Å²) in [7, 11) is 1.68. The number of hydrogen-bond donors (Lipinski definition) is 2. The van der Waals surface area contributed by atoms with E-state index in [1.807, 2.05) is 6.92 Å². The number of amides is 1. The highest BCUT2D eigenvalue weighted by atomic mass is 16.5. The fourth-order valence-electron chi connectivity index (χ4n) is 1.81. The van der Waals surface area contributed by atoms with Crippen molar-refractivity contribution in [2.75, 3.05) is 26.8 Å². The number of piperidine rings is 1. The van der Waals surface area contributed by atoms with Gasteiger partial charge in [0.2, 0.25) is 5.91 Å². The van der Waals surface area contributed by atoms with Crippen molar-refractivity contribution in [2.24, 2.45) is 5.92 Å². The highest BCUT2D eigenvalue weighted by Crippen LogP contribution is 2.16. The molecule has 0 aromatic rings. The lowest BCUT2D eigenvalue weighted by Gasteiger charge is -2.28. The minimum atomic E-state index is -0.0285. The van der Waals surface area contributed by atoms with E-state index < -0.39 is 0 Å². The molecule has 2 atom stereocenters. The maximum absolute atomic E-state index is 11.4. The highest BCUT2D eigenvalue weighted by molar-refractivity contribution is 5.81. The van der Waals surface area contributed by atoms with Crippen LogP contribution in [0, 0.1) is 5.92 Å². The lowest BCUT2D eigenvalue weighted by molar-refractivity contribution is -0.123. The number of carbonyl (C=O) groups is 1. The fourth-order valence-corrected chi connectivity index (χ4v) is 1.81. The average Bonchev–Trinajstić information content (AvgIpc) is 2.25. The summed E-state index contributed by atoms with van der Waals surface area (Å²) in [6.07, 6.45) is 1.99. The van der Waals surface area contributed by atoms with E-state index in [1.54, 1.807) is 7.05 Å². The zero-order valence-electron chi connectivity index (χ0n) is 9.01. The van der Waals surface area contributed by atoms with Crippen LogP contribution in [0.2, 0.25) is 0 Å². The summed E-state index contributed by atoms with van der Waals surface area (Å²) in [6, 6.07) is -0.0285. The van der Waals surface area contributed by atoms with Crippen LogP contribution >= 0.6 is 0 Å². The minimum Gasteiger partial charge on any atom is -0.381 e. The Morgan fingerprint density at radius 2 is 2.43 bits per heavy atom. The summed E-state index contributed by atoms with van der Waals surface area (Å²) in [6.45, 7) is 4.45. The molecule has 2 N–H and O–H groups in total. The Morgan fingerprint density at radius 1 is 1.64 bits per heavy atom. The van der Waals surface area contributed by atoms with E-state index in [-0.39, 0.29) is 11.9 Å². The van der Waals surface area contributed by atoms with Crippen molar-refractivity contribution in [2.45, 2.75) is 25.8 Å². The second-order valence-corrected chi connectivity index (χ2v) is 3.67. The van der Waals surface area contributed by atoms with Gasteiger partial charge >= 0.3 is 0 Å². The smallest absolute Gasteiger partial charge is 0.236 e. The van der Waals surface area contributed by atoms with E-state index in [4.69, 9.17) is 4.74 Å². The van der Waals surface area contributed by atoms with Gasteiger partial charge in [-0.3, -0.25) is 4.79 Å². The first-order valence-electron chi connectivity index (χ1n) is 5.30. The molecule has 0 bridgehead atoms. The topological polar surface area (TPSA) is 50.4 Å².